The Hall–Kier alpha value is -0.770. The Morgan fingerprint density at radius 2 is 2.00 bits per heavy atom. The molecule has 0 unspecified atom stereocenters. The van der Waals surface area contributed by atoms with E-state index in [-0.39, 0.29) is 5.75 Å². The summed E-state index contributed by atoms with van der Waals surface area (Å²) < 4.78 is 23.2. The van der Waals surface area contributed by atoms with E-state index in [4.69, 9.17) is 0 Å². The SMILES string of the molecule is C=CCS(=O)(=O)NC=C. The Labute approximate surface area is 55.1 Å². The van der Waals surface area contributed by atoms with Gasteiger partial charge in [0.2, 0.25) is 10.0 Å². The number of rotatable bonds is 4. The summed E-state index contributed by atoms with van der Waals surface area (Å²) in [6.07, 6.45) is 2.44. The third-order valence-electron chi connectivity index (χ3n) is 0.600. The molecule has 4 heteroatoms. The zero-order chi connectivity index (χ0) is 7.33. The summed E-state index contributed by atoms with van der Waals surface area (Å²) >= 11 is 0. The molecule has 52 valence electrons. The van der Waals surface area contributed by atoms with Crippen molar-refractivity contribution < 1.29 is 8.42 Å². The van der Waals surface area contributed by atoms with Crippen molar-refractivity contribution in [3.05, 3.63) is 25.4 Å². The molecule has 0 atom stereocenters. The van der Waals surface area contributed by atoms with Crippen LogP contribution in [0.1, 0.15) is 0 Å². The quantitative estimate of drug-likeness (QED) is 0.579. The van der Waals surface area contributed by atoms with Gasteiger partial charge in [0, 0.05) is 6.20 Å². The lowest BCUT2D eigenvalue weighted by molar-refractivity contribution is 0.594. The first-order valence-electron chi connectivity index (χ1n) is 2.34. The molecule has 3 nitrogen and oxygen atoms in total. The third kappa shape index (κ3) is 3.78. The Kier molecular flexibility index (Phi) is 3.01. The topological polar surface area (TPSA) is 46.2 Å². The molecule has 0 aliphatic heterocycles. The highest BCUT2D eigenvalue weighted by Gasteiger charge is 2.00. The molecule has 0 aromatic carbocycles. The minimum Gasteiger partial charge on any atom is -0.291 e. The molecule has 0 radical (unpaired) electrons. The fourth-order valence-electron chi connectivity index (χ4n) is 0.330. The average molecular weight is 147 g/mol. The second-order valence-corrected chi connectivity index (χ2v) is 3.19. The van der Waals surface area contributed by atoms with Gasteiger partial charge in [0.05, 0.1) is 5.75 Å². The highest BCUT2D eigenvalue weighted by Crippen LogP contribution is 1.81. The van der Waals surface area contributed by atoms with Crippen LogP contribution in [0.3, 0.4) is 0 Å². The van der Waals surface area contributed by atoms with Crippen LogP contribution in [0.25, 0.3) is 0 Å². The van der Waals surface area contributed by atoms with E-state index in [9.17, 15) is 8.42 Å². The van der Waals surface area contributed by atoms with Gasteiger partial charge in [-0.1, -0.05) is 12.7 Å². The molecule has 0 aliphatic rings. The summed E-state index contributed by atoms with van der Waals surface area (Å²) in [6.45, 7) is 6.48. The number of sulfonamides is 1. The molecule has 0 heterocycles. The maximum absolute atomic E-state index is 10.6. The van der Waals surface area contributed by atoms with Crippen LogP contribution < -0.4 is 4.72 Å². The van der Waals surface area contributed by atoms with Crippen LogP contribution >= 0.6 is 0 Å². The van der Waals surface area contributed by atoms with Gasteiger partial charge < -0.3 is 0 Å². The fraction of sp³-hybridized carbons (Fsp3) is 0.200. The second-order valence-electron chi connectivity index (χ2n) is 1.39. The van der Waals surface area contributed by atoms with Gasteiger partial charge in [-0.15, -0.1) is 6.58 Å². The Bertz CT molecular complexity index is 177. The predicted octanol–water partition coefficient (Wildman–Crippen LogP) is 0.235. The molecule has 0 aromatic rings. The fourth-order valence-corrected chi connectivity index (χ4v) is 0.991. The summed E-state index contributed by atoms with van der Waals surface area (Å²) in [7, 11) is -3.17. The van der Waals surface area contributed by atoms with Gasteiger partial charge in [0.25, 0.3) is 0 Å². The minimum atomic E-state index is -3.17. The van der Waals surface area contributed by atoms with Crippen molar-refractivity contribution in [3.8, 4) is 0 Å². The molecule has 0 aliphatic carbocycles. The van der Waals surface area contributed by atoms with E-state index in [2.05, 4.69) is 17.9 Å². The second kappa shape index (κ2) is 3.29. The molecule has 1 N–H and O–H groups in total. The molecule has 0 aromatic heterocycles. The van der Waals surface area contributed by atoms with Crippen molar-refractivity contribution in [2.45, 2.75) is 0 Å². The first-order valence-corrected chi connectivity index (χ1v) is 3.99. The molecule has 0 fully saturated rings. The van der Waals surface area contributed by atoms with Crippen molar-refractivity contribution >= 4 is 10.0 Å². The van der Waals surface area contributed by atoms with Crippen molar-refractivity contribution in [2.75, 3.05) is 5.75 Å². The lowest BCUT2D eigenvalue weighted by Crippen LogP contribution is -2.19. The molecule has 0 saturated carbocycles. The van der Waals surface area contributed by atoms with E-state index in [1.54, 1.807) is 0 Å². The molecular weight excluding hydrogens is 138 g/mol. The Morgan fingerprint density at radius 3 is 2.33 bits per heavy atom. The zero-order valence-electron chi connectivity index (χ0n) is 5.00. The van der Waals surface area contributed by atoms with E-state index in [1.807, 2.05) is 0 Å². The summed E-state index contributed by atoms with van der Waals surface area (Å²) in [6, 6.07) is 0. The average Bonchev–Trinajstić information content (AvgIpc) is 1.64. The van der Waals surface area contributed by atoms with Gasteiger partial charge in [0.15, 0.2) is 0 Å². The summed E-state index contributed by atoms with van der Waals surface area (Å²) in [5.41, 5.74) is 0. The molecule has 9 heavy (non-hydrogen) atoms. The van der Waals surface area contributed by atoms with Crippen LogP contribution in [-0.4, -0.2) is 14.2 Å². The van der Waals surface area contributed by atoms with E-state index >= 15 is 0 Å². The molecule has 0 amide bonds. The maximum Gasteiger partial charge on any atom is 0.235 e. The molecule has 0 bridgehead atoms. The van der Waals surface area contributed by atoms with Gasteiger partial charge in [-0.3, -0.25) is 4.72 Å². The van der Waals surface area contributed by atoms with Crippen LogP contribution in [0.4, 0.5) is 0 Å². The molecular formula is C5H9NO2S. The third-order valence-corrected chi connectivity index (χ3v) is 1.80. The normalized spacial score (nSPS) is 10.2. The van der Waals surface area contributed by atoms with E-state index < -0.39 is 10.0 Å². The van der Waals surface area contributed by atoms with Crippen molar-refractivity contribution in [1.82, 2.24) is 4.72 Å². The standard InChI is InChI=1S/C5H9NO2S/c1-3-5-9(7,8)6-4-2/h3-4,6H,1-2,5H2. The summed E-state index contributed by atoms with van der Waals surface area (Å²) in [5.74, 6) is -0.0704. The van der Waals surface area contributed by atoms with Gasteiger partial charge in [-0.25, -0.2) is 8.42 Å². The number of hydrogen-bond acceptors (Lipinski definition) is 2. The monoisotopic (exact) mass is 147 g/mol. The zero-order valence-corrected chi connectivity index (χ0v) is 5.82. The summed E-state index contributed by atoms with van der Waals surface area (Å²) in [5, 5.41) is 0. The highest BCUT2D eigenvalue weighted by atomic mass is 32.2. The van der Waals surface area contributed by atoms with Crippen LogP contribution in [0, 0.1) is 0 Å². The molecule has 0 saturated heterocycles. The van der Waals surface area contributed by atoms with Crippen molar-refractivity contribution in [1.29, 1.82) is 0 Å². The van der Waals surface area contributed by atoms with Crippen LogP contribution in [0.15, 0.2) is 25.4 Å². The Morgan fingerprint density at radius 1 is 1.44 bits per heavy atom. The van der Waals surface area contributed by atoms with Gasteiger partial charge in [-0.05, 0) is 0 Å². The van der Waals surface area contributed by atoms with Crippen LogP contribution in [0.5, 0.6) is 0 Å². The lowest BCUT2D eigenvalue weighted by Gasteiger charge is -1.96. The number of nitrogens with one attached hydrogen (secondary N) is 1. The van der Waals surface area contributed by atoms with E-state index in [1.165, 1.54) is 6.08 Å². The minimum absolute atomic E-state index is 0.0704. The lowest BCUT2D eigenvalue weighted by atomic mass is 10.8. The predicted molar refractivity (Wildman–Crippen MR) is 37.3 cm³/mol. The maximum atomic E-state index is 10.6. The molecule has 0 spiro atoms. The molecule has 0 rings (SSSR count). The van der Waals surface area contributed by atoms with Gasteiger partial charge in [-0.2, -0.15) is 0 Å². The summed E-state index contributed by atoms with van der Waals surface area (Å²) in [4.78, 5) is 0. The van der Waals surface area contributed by atoms with Gasteiger partial charge >= 0.3 is 0 Å². The first kappa shape index (κ1) is 8.23. The van der Waals surface area contributed by atoms with Crippen molar-refractivity contribution in [3.63, 3.8) is 0 Å². The largest absolute Gasteiger partial charge is 0.291 e. The van der Waals surface area contributed by atoms with Crippen LogP contribution in [-0.2, 0) is 10.0 Å². The smallest absolute Gasteiger partial charge is 0.235 e. The number of hydrogen-bond donors (Lipinski definition) is 1. The van der Waals surface area contributed by atoms with Crippen LogP contribution in [0.2, 0.25) is 0 Å². The first-order chi connectivity index (χ1) is 4.12. The highest BCUT2D eigenvalue weighted by molar-refractivity contribution is 7.89. The Balaban J connectivity index is 4.03. The van der Waals surface area contributed by atoms with E-state index in [0.717, 1.165) is 6.20 Å². The van der Waals surface area contributed by atoms with Gasteiger partial charge in [0.1, 0.15) is 0 Å². The van der Waals surface area contributed by atoms with E-state index in [0.29, 0.717) is 0 Å². The van der Waals surface area contributed by atoms with Crippen molar-refractivity contribution in [2.24, 2.45) is 0 Å².